The molecule has 3 atom stereocenters. The minimum Gasteiger partial charge on any atom is -0.480 e. The second kappa shape index (κ2) is 19.8. The van der Waals surface area contributed by atoms with Crippen LogP contribution in [0.5, 0.6) is 0 Å². The van der Waals surface area contributed by atoms with Gasteiger partial charge in [0.15, 0.2) is 5.78 Å². The highest BCUT2D eigenvalue weighted by atomic mass is 32.1. The number of hydrogen-bond donors (Lipinski definition) is 4. The van der Waals surface area contributed by atoms with Gasteiger partial charge in [0, 0.05) is 11.7 Å². The number of thiol groups is 1. The lowest BCUT2D eigenvalue weighted by molar-refractivity contribution is -0.138. The zero-order chi connectivity index (χ0) is 24.2. The molecule has 0 saturated heterocycles. The van der Waals surface area contributed by atoms with Crippen LogP contribution in [0.1, 0.15) is 136 Å². The first-order chi connectivity index (χ1) is 15.3. The van der Waals surface area contributed by atoms with E-state index in [2.05, 4.69) is 19.6 Å². The Hall–Kier alpha value is -0.590. The molecule has 0 aromatic heterocycles. The van der Waals surface area contributed by atoms with Gasteiger partial charge in [0.2, 0.25) is 0 Å². The first kappa shape index (κ1) is 31.4. The summed E-state index contributed by atoms with van der Waals surface area (Å²) in [6.45, 7) is 4.10. The molecular weight excluding hydrogens is 420 g/mol. The number of unbranched alkanes of at least 4 members (excludes halogenated alkanes) is 14. The fourth-order valence-corrected chi connectivity index (χ4v) is 4.48. The van der Waals surface area contributed by atoms with Crippen molar-refractivity contribution >= 4 is 24.4 Å². The Morgan fingerprint density at radius 2 is 1.22 bits per heavy atom. The van der Waals surface area contributed by atoms with Crippen LogP contribution < -0.4 is 11.5 Å². The predicted molar refractivity (Wildman–Crippen MR) is 139 cm³/mol. The zero-order valence-corrected chi connectivity index (χ0v) is 21.8. The number of hydrogen-bond acceptors (Lipinski definition) is 5. The third kappa shape index (κ3) is 15.3. The highest BCUT2D eigenvalue weighted by Crippen LogP contribution is 2.24. The summed E-state index contributed by atoms with van der Waals surface area (Å²) in [6.07, 6.45) is 21.2. The minimum absolute atomic E-state index is 0.0404. The number of rotatable bonds is 23. The normalized spacial score (nSPS) is 15.3. The Morgan fingerprint density at radius 1 is 0.812 bits per heavy atom. The maximum absolute atomic E-state index is 12.7. The number of carboxylic acids is 1. The van der Waals surface area contributed by atoms with E-state index in [1.165, 1.54) is 83.5 Å². The Morgan fingerprint density at radius 3 is 1.59 bits per heavy atom. The average Bonchev–Trinajstić information content (AvgIpc) is 2.75. The molecule has 0 aliphatic carbocycles. The van der Waals surface area contributed by atoms with Gasteiger partial charge in [0.05, 0.1) is 5.54 Å². The van der Waals surface area contributed by atoms with Gasteiger partial charge in [-0.05, 0) is 25.7 Å². The summed E-state index contributed by atoms with van der Waals surface area (Å²) in [6, 6.07) is -0.903. The lowest BCUT2D eigenvalue weighted by Crippen LogP contribution is -2.54. The molecule has 0 aromatic rings. The van der Waals surface area contributed by atoms with E-state index in [1.54, 1.807) is 0 Å². The van der Waals surface area contributed by atoms with Crippen LogP contribution in [0.4, 0.5) is 0 Å². The molecule has 5 nitrogen and oxygen atoms in total. The van der Waals surface area contributed by atoms with Crippen LogP contribution in [0, 0.1) is 0 Å². The van der Waals surface area contributed by atoms with Crippen LogP contribution in [0.3, 0.4) is 0 Å². The lowest BCUT2D eigenvalue weighted by Gasteiger charge is -2.32. The summed E-state index contributed by atoms with van der Waals surface area (Å²) in [7, 11) is 0. The second-order valence-electron chi connectivity index (χ2n) is 9.68. The van der Waals surface area contributed by atoms with Gasteiger partial charge in [0.25, 0.3) is 0 Å². The van der Waals surface area contributed by atoms with Gasteiger partial charge in [-0.25, -0.2) is 0 Å². The molecule has 0 heterocycles. The largest absolute Gasteiger partial charge is 0.480 e. The molecule has 0 rings (SSSR count). The molecule has 0 aliphatic heterocycles. The third-order valence-corrected chi connectivity index (χ3v) is 7.16. The van der Waals surface area contributed by atoms with Gasteiger partial charge in [-0.15, -0.1) is 0 Å². The van der Waals surface area contributed by atoms with Crippen molar-refractivity contribution in [3.8, 4) is 0 Å². The average molecular weight is 473 g/mol. The number of carbonyl (C=O) groups excluding carboxylic acids is 1. The van der Waals surface area contributed by atoms with Crippen molar-refractivity contribution in [3.05, 3.63) is 0 Å². The molecule has 0 aromatic carbocycles. The first-order valence-corrected chi connectivity index (χ1v) is 13.8. The van der Waals surface area contributed by atoms with Crippen LogP contribution >= 0.6 is 12.6 Å². The van der Waals surface area contributed by atoms with Crippen LogP contribution in [-0.2, 0) is 9.59 Å². The summed E-state index contributed by atoms with van der Waals surface area (Å²) >= 11 is 4.44. The van der Waals surface area contributed by atoms with Gasteiger partial charge in [0.1, 0.15) is 6.04 Å². The Labute approximate surface area is 203 Å². The van der Waals surface area contributed by atoms with E-state index in [0.29, 0.717) is 25.7 Å². The van der Waals surface area contributed by atoms with E-state index >= 15 is 0 Å². The molecule has 190 valence electrons. The Kier molecular flexibility index (Phi) is 19.5. The fraction of sp³-hybridized carbons (Fsp3) is 0.923. The molecule has 0 saturated carbocycles. The maximum atomic E-state index is 12.7. The molecule has 5 N–H and O–H groups in total. The highest BCUT2D eigenvalue weighted by molar-refractivity contribution is 7.81. The Balaban J connectivity index is 3.77. The van der Waals surface area contributed by atoms with Gasteiger partial charge in [-0.3, -0.25) is 9.59 Å². The van der Waals surface area contributed by atoms with Gasteiger partial charge < -0.3 is 16.6 Å². The Bertz CT molecular complexity index is 488. The fourth-order valence-electron chi connectivity index (χ4n) is 4.21. The number of carbonyl (C=O) groups is 2. The van der Waals surface area contributed by atoms with Crippen molar-refractivity contribution in [3.63, 3.8) is 0 Å². The number of aliphatic carboxylic acids is 1. The molecule has 0 aliphatic rings. The van der Waals surface area contributed by atoms with Crippen molar-refractivity contribution in [1.29, 1.82) is 0 Å². The third-order valence-electron chi connectivity index (χ3n) is 6.69. The van der Waals surface area contributed by atoms with E-state index < -0.39 is 17.6 Å². The summed E-state index contributed by atoms with van der Waals surface area (Å²) in [5, 5.41) is 8.62. The van der Waals surface area contributed by atoms with E-state index in [0.717, 1.165) is 12.8 Å². The highest BCUT2D eigenvalue weighted by Gasteiger charge is 2.36. The van der Waals surface area contributed by atoms with Crippen molar-refractivity contribution < 1.29 is 14.7 Å². The van der Waals surface area contributed by atoms with Gasteiger partial charge in [-0.1, -0.05) is 104 Å². The molecular formula is C26H52N2O3S. The quantitative estimate of drug-likeness (QED) is 0.101. The molecule has 0 radical (unpaired) electrons. The number of nitrogens with two attached hydrogens (primary N) is 2. The molecule has 0 bridgehead atoms. The van der Waals surface area contributed by atoms with Crippen LogP contribution in [0.15, 0.2) is 0 Å². The number of carboxylic acid groups (broad SMARTS) is 1. The van der Waals surface area contributed by atoms with E-state index in [1.807, 2.05) is 6.92 Å². The number of Topliss-reactive ketones (excluding diaryl/α,β-unsaturated/α-hetero) is 1. The van der Waals surface area contributed by atoms with Crippen molar-refractivity contribution in [2.24, 2.45) is 11.5 Å². The molecule has 3 unspecified atom stereocenters. The smallest absolute Gasteiger partial charge is 0.320 e. The molecule has 0 spiro atoms. The number of ketones is 1. The van der Waals surface area contributed by atoms with Crippen LogP contribution in [0.2, 0.25) is 0 Å². The summed E-state index contributed by atoms with van der Waals surface area (Å²) in [5.41, 5.74) is 10.9. The second-order valence-corrected chi connectivity index (χ2v) is 10.5. The monoisotopic (exact) mass is 472 g/mol. The van der Waals surface area contributed by atoms with Crippen molar-refractivity contribution in [2.45, 2.75) is 153 Å². The summed E-state index contributed by atoms with van der Waals surface area (Å²) in [5.74, 6) is -0.978. The van der Waals surface area contributed by atoms with Gasteiger partial charge >= 0.3 is 5.97 Å². The topological polar surface area (TPSA) is 106 Å². The van der Waals surface area contributed by atoms with Gasteiger partial charge in [-0.2, -0.15) is 12.6 Å². The van der Waals surface area contributed by atoms with Crippen LogP contribution in [0.25, 0.3) is 0 Å². The lowest BCUT2D eigenvalue weighted by atomic mass is 9.83. The van der Waals surface area contributed by atoms with Crippen LogP contribution in [-0.4, -0.2) is 33.7 Å². The van der Waals surface area contributed by atoms with E-state index in [-0.39, 0.29) is 11.0 Å². The molecule has 0 amide bonds. The summed E-state index contributed by atoms with van der Waals surface area (Å²) in [4.78, 5) is 23.6. The molecule has 0 fully saturated rings. The maximum Gasteiger partial charge on any atom is 0.320 e. The zero-order valence-electron chi connectivity index (χ0n) is 21.0. The molecule has 6 heteroatoms. The first-order valence-electron chi connectivity index (χ1n) is 13.2. The minimum atomic E-state index is -1.02. The SMILES string of the molecule is CCCCCCCCCCCCCCCCCC(=O)C(N)(CCCC(N)C(=O)O)C(C)S. The molecule has 32 heavy (non-hydrogen) atoms. The predicted octanol–water partition coefficient (Wildman–Crippen LogP) is 6.42. The van der Waals surface area contributed by atoms with Crippen molar-refractivity contribution in [1.82, 2.24) is 0 Å². The standard InChI is InChI=1S/C26H52N2O3S/c1-3-4-5-6-7-8-9-10-11-12-13-14-15-16-17-20-24(29)26(28,22(2)32)21-18-19-23(27)25(30)31/h22-23,32H,3-21,27-28H2,1-2H3,(H,30,31). The van der Waals surface area contributed by atoms with E-state index in [9.17, 15) is 9.59 Å². The summed E-state index contributed by atoms with van der Waals surface area (Å²) < 4.78 is 0. The van der Waals surface area contributed by atoms with Crippen molar-refractivity contribution in [2.75, 3.05) is 0 Å². The van der Waals surface area contributed by atoms with E-state index in [4.69, 9.17) is 16.6 Å².